The molecule has 1 aromatic carbocycles. The Bertz CT molecular complexity index is 574. The van der Waals surface area contributed by atoms with Crippen molar-refractivity contribution in [3.63, 3.8) is 0 Å². The van der Waals surface area contributed by atoms with Crippen molar-refractivity contribution in [3.8, 4) is 6.07 Å². The van der Waals surface area contributed by atoms with Gasteiger partial charge in [0.2, 0.25) is 0 Å². The first-order chi connectivity index (χ1) is 8.75. The first-order valence-corrected chi connectivity index (χ1v) is 4.55. The van der Waals surface area contributed by atoms with E-state index in [9.17, 15) is 26.7 Å². The molecule has 0 bridgehead atoms. The van der Waals surface area contributed by atoms with E-state index in [-0.39, 0.29) is 6.21 Å². The van der Waals surface area contributed by atoms with Crippen LogP contribution in [-0.4, -0.2) is 18.2 Å². The number of carbonyl (C=O) groups excluding carboxylic acids is 1. The number of halogens is 5. The van der Waals surface area contributed by atoms with Gasteiger partial charge in [0.25, 0.3) is 5.78 Å². The van der Waals surface area contributed by atoms with Gasteiger partial charge in [0.05, 0.1) is 17.5 Å². The molecule has 19 heavy (non-hydrogen) atoms. The number of benzene rings is 1. The lowest BCUT2D eigenvalue weighted by molar-refractivity contribution is -0.162. The predicted molar refractivity (Wildman–Crippen MR) is 54.2 cm³/mol. The lowest BCUT2D eigenvalue weighted by Crippen LogP contribution is -2.24. The van der Waals surface area contributed by atoms with Crippen molar-refractivity contribution in [1.82, 2.24) is 0 Å². The molecular formula is C10H4F5N3O. The molecule has 9 heteroatoms. The van der Waals surface area contributed by atoms with Gasteiger partial charge in [0.15, 0.2) is 0 Å². The molecule has 0 amide bonds. The number of hydrogen-bond acceptors (Lipinski definition) is 4. The zero-order chi connectivity index (χ0) is 14.6. The summed E-state index contributed by atoms with van der Waals surface area (Å²) in [6, 6.07) is 2.44. The Labute approximate surface area is 103 Å². The van der Waals surface area contributed by atoms with E-state index in [0.717, 1.165) is 0 Å². The number of alkyl halides is 3. The Morgan fingerprint density at radius 1 is 1.32 bits per heavy atom. The molecule has 0 saturated carbocycles. The average Bonchev–Trinajstić information content (AvgIpc) is 2.31. The highest BCUT2D eigenvalue weighted by atomic mass is 19.4. The van der Waals surface area contributed by atoms with Gasteiger partial charge in [0.1, 0.15) is 17.7 Å². The molecule has 0 radical (unpaired) electrons. The Kier molecular flexibility index (Phi) is 4.16. The summed E-state index contributed by atoms with van der Waals surface area (Å²) in [6.45, 7) is 0. The van der Waals surface area contributed by atoms with E-state index in [1.165, 1.54) is 6.07 Å². The van der Waals surface area contributed by atoms with Crippen LogP contribution in [-0.2, 0) is 4.79 Å². The summed E-state index contributed by atoms with van der Waals surface area (Å²) in [4.78, 5) is 10.4. The van der Waals surface area contributed by atoms with Crippen LogP contribution < -0.4 is 5.43 Å². The van der Waals surface area contributed by atoms with Crippen LogP contribution in [0.2, 0.25) is 0 Å². The Balaban J connectivity index is 2.86. The van der Waals surface area contributed by atoms with Crippen LogP contribution >= 0.6 is 0 Å². The molecule has 0 aliphatic carbocycles. The largest absolute Gasteiger partial charge is 0.455 e. The molecule has 0 atom stereocenters. The highest BCUT2D eigenvalue weighted by molar-refractivity contribution is 6.30. The molecule has 0 heterocycles. The average molecular weight is 277 g/mol. The third kappa shape index (κ3) is 3.74. The third-order valence-corrected chi connectivity index (χ3v) is 1.82. The molecule has 0 fully saturated rings. The monoisotopic (exact) mass is 277 g/mol. The number of hydrazone groups is 1. The second-order valence-corrected chi connectivity index (χ2v) is 3.16. The molecule has 0 aliphatic heterocycles. The molecule has 0 saturated heterocycles. The van der Waals surface area contributed by atoms with Crippen molar-refractivity contribution < 1.29 is 26.7 Å². The fourth-order valence-corrected chi connectivity index (χ4v) is 0.952. The van der Waals surface area contributed by atoms with Gasteiger partial charge in [-0.15, -0.1) is 0 Å². The van der Waals surface area contributed by atoms with Gasteiger partial charge in [-0.25, -0.2) is 8.78 Å². The molecule has 1 aromatic rings. The molecule has 0 spiro atoms. The number of nitriles is 1. The first-order valence-electron chi connectivity index (χ1n) is 4.55. The second-order valence-electron chi connectivity index (χ2n) is 3.16. The van der Waals surface area contributed by atoms with Crippen LogP contribution in [0, 0.1) is 23.0 Å². The summed E-state index contributed by atoms with van der Waals surface area (Å²) < 4.78 is 61.6. The number of ketones is 1. The first kappa shape index (κ1) is 14.6. The molecule has 1 rings (SSSR count). The number of nitrogens with one attached hydrogen (secondary N) is 1. The topological polar surface area (TPSA) is 65.2 Å². The van der Waals surface area contributed by atoms with Crippen LogP contribution in [0.5, 0.6) is 0 Å². The minimum Gasteiger partial charge on any atom is -0.283 e. The molecule has 4 nitrogen and oxygen atoms in total. The minimum atomic E-state index is -5.10. The van der Waals surface area contributed by atoms with Gasteiger partial charge in [-0.2, -0.15) is 23.5 Å². The van der Waals surface area contributed by atoms with Crippen molar-refractivity contribution in [2.24, 2.45) is 5.10 Å². The maximum atomic E-state index is 13.2. The van der Waals surface area contributed by atoms with Gasteiger partial charge < -0.3 is 0 Å². The highest BCUT2D eigenvalue weighted by Gasteiger charge is 2.36. The zero-order valence-electron chi connectivity index (χ0n) is 8.92. The van der Waals surface area contributed by atoms with Gasteiger partial charge in [0, 0.05) is 6.07 Å². The van der Waals surface area contributed by atoms with E-state index in [4.69, 9.17) is 5.26 Å². The van der Waals surface area contributed by atoms with Gasteiger partial charge in [-0.1, -0.05) is 0 Å². The number of nitrogens with zero attached hydrogens (tertiary/aromatic N) is 2. The number of anilines is 1. The summed E-state index contributed by atoms with van der Waals surface area (Å²) in [5, 5.41) is 11.2. The number of Topliss-reactive ketones (excluding diaryl/α,β-unsaturated/α-hetero) is 1. The lowest BCUT2D eigenvalue weighted by Gasteiger charge is -2.03. The summed E-state index contributed by atoms with van der Waals surface area (Å²) >= 11 is 0. The number of hydrogen-bond donors (Lipinski definition) is 1. The van der Waals surface area contributed by atoms with E-state index >= 15 is 0 Å². The fraction of sp³-hybridized carbons (Fsp3) is 0.100. The predicted octanol–water partition coefficient (Wildman–Crippen LogP) is 2.37. The number of rotatable bonds is 3. The highest BCUT2D eigenvalue weighted by Crippen LogP contribution is 2.19. The Morgan fingerprint density at radius 3 is 2.47 bits per heavy atom. The molecule has 0 unspecified atom stereocenters. The smallest absolute Gasteiger partial charge is 0.283 e. The SMILES string of the molecule is N#Cc1cc(F)c(NN=CC(=O)C(F)(F)F)cc1F. The van der Waals surface area contributed by atoms with E-state index in [1.807, 2.05) is 0 Å². The van der Waals surface area contributed by atoms with Crippen molar-refractivity contribution in [1.29, 1.82) is 5.26 Å². The van der Waals surface area contributed by atoms with Crippen LogP contribution in [0.15, 0.2) is 17.2 Å². The van der Waals surface area contributed by atoms with E-state index in [1.54, 1.807) is 5.43 Å². The van der Waals surface area contributed by atoms with Gasteiger partial charge in [-0.05, 0) is 6.07 Å². The van der Waals surface area contributed by atoms with E-state index < -0.39 is 34.8 Å². The molecular weight excluding hydrogens is 273 g/mol. The summed E-state index contributed by atoms with van der Waals surface area (Å²) in [7, 11) is 0. The lowest BCUT2D eigenvalue weighted by atomic mass is 10.2. The Hall–Kier alpha value is -2.50. The second kappa shape index (κ2) is 5.43. The normalized spacial score (nSPS) is 11.4. The number of carbonyl (C=O) groups is 1. The zero-order valence-corrected chi connectivity index (χ0v) is 8.92. The fourth-order valence-electron chi connectivity index (χ4n) is 0.952. The molecule has 100 valence electrons. The van der Waals surface area contributed by atoms with Crippen LogP contribution in [0.25, 0.3) is 0 Å². The maximum Gasteiger partial charge on any atom is 0.455 e. The summed E-state index contributed by atoms with van der Waals surface area (Å²) in [5.41, 5.74) is 0.553. The van der Waals surface area contributed by atoms with Gasteiger partial charge >= 0.3 is 6.18 Å². The van der Waals surface area contributed by atoms with Gasteiger partial charge in [-0.3, -0.25) is 10.2 Å². The minimum absolute atomic E-state index is 0.116. The van der Waals surface area contributed by atoms with Crippen molar-refractivity contribution in [2.75, 3.05) is 5.43 Å². The van der Waals surface area contributed by atoms with E-state index in [0.29, 0.717) is 12.1 Å². The van der Waals surface area contributed by atoms with Crippen molar-refractivity contribution in [3.05, 3.63) is 29.3 Å². The third-order valence-electron chi connectivity index (χ3n) is 1.82. The standard InChI is InChI=1S/C10H4F5N3O/c11-6-2-8(7(12)1-5(6)3-16)18-17-4-9(19)10(13,14)15/h1-2,4,18H. The van der Waals surface area contributed by atoms with Crippen LogP contribution in [0.1, 0.15) is 5.56 Å². The maximum absolute atomic E-state index is 13.2. The van der Waals surface area contributed by atoms with Crippen molar-refractivity contribution >= 4 is 17.7 Å². The van der Waals surface area contributed by atoms with Crippen molar-refractivity contribution in [2.45, 2.75) is 6.18 Å². The molecule has 0 aliphatic rings. The van der Waals surface area contributed by atoms with E-state index in [2.05, 4.69) is 5.10 Å². The quantitative estimate of drug-likeness (QED) is 0.524. The molecule has 0 aromatic heterocycles. The Morgan fingerprint density at radius 2 is 1.95 bits per heavy atom. The molecule has 1 N–H and O–H groups in total. The summed E-state index contributed by atoms with van der Waals surface area (Å²) in [6.07, 6.45) is -5.21. The summed E-state index contributed by atoms with van der Waals surface area (Å²) in [5.74, 6) is -4.44. The van der Waals surface area contributed by atoms with Crippen LogP contribution in [0.4, 0.5) is 27.6 Å². The van der Waals surface area contributed by atoms with Crippen LogP contribution in [0.3, 0.4) is 0 Å².